The van der Waals surface area contributed by atoms with Crippen LogP contribution >= 0.6 is 0 Å². The van der Waals surface area contributed by atoms with Crippen LogP contribution in [0.4, 0.5) is 5.69 Å². The van der Waals surface area contributed by atoms with Gasteiger partial charge in [0.15, 0.2) is 0 Å². The Balaban J connectivity index is 1.47. The third kappa shape index (κ3) is 6.70. The molecule has 0 N–H and O–H groups in total. The fourth-order valence-electron chi connectivity index (χ4n) is 8.46. The van der Waals surface area contributed by atoms with Gasteiger partial charge in [-0.1, -0.05) is 83.9 Å². The first-order chi connectivity index (χ1) is 25.9. The summed E-state index contributed by atoms with van der Waals surface area (Å²) in [6, 6.07) is 13.3. The Bertz CT molecular complexity index is 2160. The van der Waals surface area contributed by atoms with Gasteiger partial charge in [-0.15, -0.1) is 0 Å². The molecular formula is C45H52N2O6. The quantitative estimate of drug-likeness (QED) is 0.0330. The molecule has 7 rings (SSSR count). The van der Waals surface area contributed by atoms with Crippen molar-refractivity contribution in [1.29, 1.82) is 0 Å². The number of ether oxygens (including phenoxy) is 2. The number of hydrogen-bond donors (Lipinski definition) is 0. The van der Waals surface area contributed by atoms with Gasteiger partial charge < -0.3 is 14.4 Å². The van der Waals surface area contributed by atoms with Gasteiger partial charge in [0.2, 0.25) is 0 Å². The van der Waals surface area contributed by atoms with Crippen molar-refractivity contribution >= 4 is 72.5 Å². The fraction of sp³-hybridized carbons (Fsp3) is 0.467. The van der Waals surface area contributed by atoms with E-state index in [9.17, 15) is 19.2 Å². The summed E-state index contributed by atoms with van der Waals surface area (Å²) in [6.07, 6.45) is 12.9. The van der Waals surface area contributed by atoms with Crippen molar-refractivity contribution in [3.05, 3.63) is 64.7 Å². The molecule has 0 aromatic heterocycles. The lowest BCUT2D eigenvalue weighted by Gasteiger charge is -2.32. The van der Waals surface area contributed by atoms with Gasteiger partial charge in [0.1, 0.15) is 0 Å². The summed E-state index contributed by atoms with van der Waals surface area (Å²) in [5.74, 6) is -1.42. The highest BCUT2D eigenvalue weighted by molar-refractivity contribution is 6.41. The van der Waals surface area contributed by atoms with Crippen molar-refractivity contribution in [3.8, 4) is 0 Å². The van der Waals surface area contributed by atoms with Crippen LogP contribution in [0.25, 0.3) is 43.1 Å². The fourth-order valence-corrected chi connectivity index (χ4v) is 8.46. The van der Waals surface area contributed by atoms with Crippen LogP contribution in [0, 0.1) is 0 Å². The number of fused-ring (bicyclic) bond motifs is 2. The molecule has 278 valence electrons. The van der Waals surface area contributed by atoms with Crippen molar-refractivity contribution in [2.45, 2.75) is 104 Å². The minimum absolute atomic E-state index is 0.248. The predicted octanol–water partition coefficient (Wildman–Crippen LogP) is 10.6. The number of carbonyl (C=O) groups is 4. The molecule has 8 nitrogen and oxygen atoms in total. The molecule has 5 aromatic carbocycles. The second-order valence-corrected chi connectivity index (χ2v) is 14.9. The molecule has 2 aliphatic heterocycles. The Morgan fingerprint density at radius 2 is 1.13 bits per heavy atom. The Labute approximate surface area is 312 Å². The molecule has 0 spiro atoms. The van der Waals surface area contributed by atoms with E-state index in [1.54, 1.807) is 6.07 Å². The van der Waals surface area contributed by atoms with Gasteiger partial charge in [-0.3, -0.25) is 14.5 Å². The largest absolute Gasteiger partial charge is 0.462 e. The lowest BCUT2D eigenvalue weighted by Crippen LogP contribution is -2.40. The number of piperidine rings is 1. The molecule has 8 heteroatoms. The molecule has 53 heavy (non-hydrogen) atoms. The zero-order valence-corrected chi connectivity index (χ0v) is 31.6. The molecule has 0 bridgehead atoms. The number of benzene rings is 5. The summed E-state index contributed by atoms with van der Waals surface area (Å²) in [6.45, 7) is 8.94. The summed E-state index contributed by atoms with van der Waals surface area (Å²) in [5.41, 5.74) is 2.67. The number of amides is 2. The van der Waals surface area contributed by atoms with Crippen LogP contribution in [0.15, 0.2) is 42.5 Å². The Morgan fingerprint density at radius 1 is 0.566 bits per heavy atom. The first-order valence-corrected chi connectivity index (χ1v) is 20.1. The molecule has 0 saturated carbocycles. The van der Waals surface area contributed by atoms with Crippen LogP contribution in [0.1, 0.15) is 146 Å². The van der Waals surface area contributed by atoms with E-state index >= 15 is 0 Å². The van der Waals surface area contributed by atoms with Gasteiger partial charge in [-0.05, 0) is 84.3 Å². The molecular weight excluding hydrogens is 665 g/mol. The third-order valence-corrected chi connectivity index (χ3v) is 11.3. The molecule has 0 unspecified atom stereocenters. The average molecular weight is 717 g/mol. The van der Waals surface area contributed by atoms with Crippen molar-refractivity contribution in [2.75, 3.05) is 37.7 Å². The highest BCUT2D eigenvalue weighted by atomic mass is 16.5. The van der Waals surface area contributed by atoms with Gasteiger partial charge in [0, 0.05) is 58.0 Å². The number of nitrogens with zero attached hydrogens (tertiary/aromatic N) is 2. The molecule has 2 amide bonds. The van der Waals surface area contributed by atoms with E-state index in [1.807, 2.05) is 43.3 Å². The highest BCUT2D eigenvalue weighted by Crippen LogP contribution is 2.49. The van der Waals surface area contributed by atoms with Crippen LogP contribution in [-0.4, -0.2) is 61.5 Å². The molecule has 1 saturated heterocycles. The Morgan fingerprint density at radius 3 is 1.79 bits per heavy atom. The normalized spacial score (nSPS) is 14.7. The van der Waals surface area contributed by atoms with Gasteiger partial charge >= 0.3 is 11.9 Å². The van der Waals surface area contributed by atoms with E-state index in [-0.39, 0.29) is 11.8 Å². The number of rotatable bonds is 16. The molecule has 0 aliphatic carbocycles. The van der Waals surface area contributed by atoms with Gasteiger partial charge in [0.25, 0.3) is 11.8 Å². The van der Waals surface area contributed by atoms with Crippen molar-refractivity contribution in [3.63, 3.8) is 0 Å². The van der Waals surface area contributed by atoms with Crippen LogP contribution in [0.5, 0.6) is 0 Å². The molecule has 2 heterocycles. The Kier molecular flexibility index (Phi) is 11.1. The molecule has 1 fully saturated rings. The summed E-state index contributed by atoms with van der Waals surface area (Å²) in [4.78, 5) is 59.9. The van der Waals surface area contributed by atoms with Crippen molar-refractivity contribution in [1.82, 2.24) is 4.90 Å². The van der Waals surface area contributed by atoms with Crippen molar-refractivity contribution < 1.29 is 28.7 Å². The monoisotopic (exact) mass is 716 g/mol. The number of hydrogen-bond acceptors (Lipinski definition) is 7. The smallest absolute Gasteiger partial charge is 0.338 e. The second-order valence-electron chi connectivity index (χ2n) is 14.9. The number of carbonyl (C=O) groups excluding carboxylic acids is 4. The van der Waals surface area contributed by atoms with Crippen molar-refractivity contribution in [2.24, 2.45) is 0 Å². The lowest BCUT2D eigenvalue weighted by molar-refractivity contribution is 0.0500. The number of anilines is 1. The van der Waals surface area contributed by atoms with Gasteiger partial charge in [-0.2, -0.15) is 0 Å². The number of imide groups is 1. The zero-order chi connectivity index (χ0) is 37.1. The first-order valence-electron chi connectivity index (χ1n) is 20.1. The van der Waals surface area contributed by atoms with Crippen LogP contribution in [0.2, 0.25) is 0 Å². The van der Waals surface area contributed by atoms with Crippen LogP contribution in [0.3, 0.4) is 0 Å². The SMILES string of the molecule is CCCCCCCCN1C(=O)c2ccc3c4ccc(C(=O)OCCCC)c5c(C(=O)OCCCC)cc(N6CCCCC6)c(c6ccc(c2c36)C1=O)c54. The lowest BCUT2D eigenvalue weighted by atomic mass is 9.82. The molecule has 0 radical (unpaired) electrons. The van der Waals surface area contributed by atoms with E-state index < -0.39 is 11.9 Å². The topological polar surface area (TPSA) is 93.2 Å². The van der Waals surface area contributed by atoms with E-state index in [0.29, 0.717) is 52.8 Å². The highest BCUT2D eigenvalue weighted by Gasteiger charge is 2.35. The summed E-state index contributed by atoms with van der Waals surface area (Å²) >= 11 is 0. The van der Waals surface area contributed by atoms with Gasteiger partial charge in [0.05, 0.1) is 24.3 Å². The maximum Gasteiger partial charge on any atom is 0.338 e. The third-order valence-electron chi connectivity index (χ3n) is 11.3. The average Bonchev–Trinajstić information content (AvgIpc) is 3.18. The van der Waals surface area contributed by atoms with Crippen LogP contribution < -0.4 is 4.90 Å². The molecule has 2 aliphatic rings. The maximum atomic E-state index is 14.1. The first kappa shape index (κ1) is 36.6. The van der Waals surface area contributed by atoms with E-state index in [4.69, 9.17) is 9.47 Å². The molecule has 0 atom stereocenters. The Hall–Kier alpha value is -4.72. The zero-order valence-electron chi connectivity index (χ0n) is 31.6. The number of unbranched alkanes of at least 4 members (excludes halogenated alkanes) is 7. The summed E-state index contributed by atoms with van der Waals surface area (Å²) in [5, 5.41) is 6.41. The minimum atomic E-state index is -0.470. The maximum absolute atomic E-state index is 14.1. The van der Waals surface area contributed by atoms with E-state index in [1.165, 1.54) is 24.2 Å². The summed E-state index contributed by atoms with van der Waals surface area (Å²) < 4.78 is 11.6. The van der Waals surface area contributed by atoms with Gasteiger partial charge in [-0.25, -0.2) is 9.59 Å². The summed E-state index contributed by atoms with van der Waals surface area (Å²) in [7, 11) is 0. The minimum Gasteiger partial charge on any atom is -0.462 e. The standard InChI is InChI=1S/C45H52N2O6/c1-4-7-10-11-12-16-25-47-42(48)32-20-17-29-30-18-22-34(44(50)52-26-8-5-2)39-35(45(51)53-27-9-6-3)28-36(46-23-14-13-15-24-46)40(41(30)39)31-19-21-33(43(47)49)38(32)37(29)31/h17-22,28H,4-16,23-27H2,1-3H3. The van der Waals surface area contributed by atoms with E-state index in [0.717, 1.165) is 115 Å². The van der Waals surface area contributed by atoms with E-state index in [2.05, 4.69) is 18.7 Å². The van der Waals surface area contributed by atoms with Crippen LogP contribution in [-0.2, 0) is 9.47 Å². The molecule has 5 aromatic rings. The second kappa shape index (κ2) is 16.1. The number of esters is 2. The predicted molar refractivity (Wildman–Crippen MR) is 213 cm³/mol.